The third-order valence-electron chi connectivity index (χ3n) is 3.68. The lowest BCUT2D eigenvalue weighted by Gasteiger charge is -2.11. The van der Waals surface area contributed by atoms with E-state index in [2.05, 4.69) is 9.72 Å². The number of alkyl halides is 3. The number of pyridine rings is 1. The summed E-state index contributed by atoms with van der Waals surface area (Å²) in [6.45, 7) is 0.261. The van der Waals surface area contributed by atoms with Crippen molar-refractivity contribution in [2.45, 2.75) is 19.0 Å². The zero-order chi connectivity index (χ0) is 18.7. The van der Waals surface area contributed by atoms with E-state index in [1.165, 1.54) is 30.6 Å². The third kappa shape index (κ3) is 4.40. The Balaban J connectivity index is 1.75. The molecule has 2 aromatic heterocycles. The highest BCUT2D eigenvalue weighted by molar-refractivity contribution is 5.30. The summed E-state index contributed by atoms with van der Waals surface area (Å²) < 4.78 is 56.2. The lowest BCUT2D eigenvalue weighted by Crippen LogP contribution is -2.17. The predicted octanol–water partition coefficient (Wildman–Crippen LogP) is 4.05. The number of aromatic nitrogens is 2. The Bertz CT molecular complexity index is 893. The van der Waals surface area contributed by atoms with E-state index in [0.717, 1.165) is 6.07 Å². The fourth-order valence-corrected chi connectivity index (χ4v) is 2.54. The van der Waals surface area contributed by atoms with Gasteiger partial charge in [0, 0.05) is 42.5 Å². The van der Waals surface area contributed by atoms with Gasteiger partial charge in [-0.15, -0.1) is 13.2 Å². The van der Waals surface area contributed by atoms with Gasteiger partial charge in [0.1, 0.15) is 17.7 Å². The van der Waals surface area contributed by atoms with Crippen LogP contribution in [0.2, 0.25) is 0 Å². The number of hydrogen-bond acceptors (Lipinski definition) is 3. The maximum absolute atomic E-state index is 13.7. The summed E-state index contributed by atoms with van der Waals surface area (Å²) in [7, 11) is 0. The monoisotopic (exact) mass is 366 g/mol. The van der Waals surface area contributed by atoms with Crippen LogP contribution in [0.25, 0.3) is 0 Å². The normalized spacial score (nSPS) is 12.8. The Hall–Kier alpha value is -2.87. The van der Waals surface area contributed by atoms with Crippen molar-refractivity contribution < 1.29 is 27.4 Å². The number of aliphatic hydroxyl groups is 1. The summed E-state index contributed by atoms with van der Waals surface area (Å²) >= 11 is 0. The summed E-state index contributed by atoms with van der Waals surface area (Å²) in [5.74, 6) is -0.878. The van der Waals surface area contributed by atoms with E-state index in [1.807, 2.05) is 0 Å². The number of hydrogen-bond donors (Lipinski definition) is 1. The Morgan fingerprint density at radius 3 is 2.73 bits per heavy atom. The first kappa shape index (κ1) is 17.9. The first-order valence-corrected chi connectivity index (χ1v) is 7.60. The number of nitrogens with zero attached hydrogens (tertiary/aromatic N) is 2. The highest BCUT2D eigenvalue weighted by atomic mass is 19.4. The molecule has 4 nitrogen and oxygen atoms in total. The smallest absolute Gasteiger partial charge is 0.406 e. The summed E-state index contributed by atoms with van der Waals surface area (Å²) in [6.07, 6.45) is -0.178. The Kier molecular flexibility index (Phi) is 4.94. The molecule has 1 N–H and O–H groups in total. The van der Waals surface area contributed by atoms with Gasteiger partial charge in [-0.05, 0) is 29.8 Å². The first-order chi connectivity index (χ1) is 12.3. The molecule has 3 rings (SSSR count). The van der Waals surface area contributed by atoms with Crippen LogP contribution in [0.1, 0.15) is 22.8 Å². The van der Waals surface area contributed by atoms with Gasteiger partial charge >= 0.3 is 6.36 Å². The molecule has 0 aliphatic carbocycles. The second kappa shape index (κ2) is 7.17. The van der Waals surface area contributed by atoms with E-state index in [9.17, 15) is 22.7 Å². The average molecular weight is 366 g/mol. The minimum atomic E-state index is -4.75. The highest BCUT2D eigenvalue weighted by Gasteiger charge is 2.31. The molecule has 1 unspecified atom stereocenters. The molecule has 2 heterocycles. The second-order valence-corrected chi connectivity index (χ2v) is 5.61. The molecule has 0 saturated carbocycles. The van der Waals surface area contributed by atoms with E-state index in [4.69, 9.17) is 0 Å². The van der Waals surface area contributed by atoms with Crippen LogP contribution in [-0.2, 0) is 6.54 Å². The molecule has 1 aromatic carbocycles. The molecule has 8 heteroatoms. The first-order valence-electron chi connectivity index (χ1n) is 7.60. The molecular formula is C18H14F4N2O2. The maximum atomic E-state index is 13.7. The Morgan fingerprint density at radius 1 is 1.19 bits per heavy atom. The molecule has 1 atom stereocenters. The van der Waals surface area contributed by atoms with Gasteiger partial charge in [-0.1, -0.05) is 12.1 Å². The molecule has 0 amide bonds. The molecule has 0 spiro atoms. The fraction of sp³-hybridized carbons (Fsp3) is 0.167. The average Bonchev–Trinajstić information content (AvgIpc) is 3.02. The molecule has 0 saturated heterocycles. The third-order valence-corrected chi connectivity index (χ3v) is 3.68. The zero-order valence-electron chi connectivity index (χ0n) is 13.3. The van der Waals surface area contributed by atoms with Gasteiger partial charge in [-0.2, -0.15) is 0 Å². The van der Waals surface area contributed by atoms with Crippen LogP contribution in [0.15, 0.2) is 61.2 Å². The molecule has 0 aliphatic rings. The molecule has 26 heavy (non-hydrogen) atoms. The molecule has 0 fully saturated rings. The zero-order valence-corrected chi connectivity index (χ0v) is 13.3. The predicted molar refractivity (Wildman–Crippen MR) is 84.9 cm³/mol. The Labute approximate surface area is 146 Å². The number of rotatable bonds is 5. The largest absolute Gasteiger partial charge is 0.573 e. The summed E-state index contributed by atoms with van der Waals surface area (Å²) in [4.78, 5) is 3.79. The van der Waals surface area contributed by atoms with E-state index >= 15 is 0 Å². The van der Waals surface area contributed by atoms with Gasteiger partial charge in [0.05, 0.1) is 0 Å². The SMILES string of the molecule is OC(c1ccn(Cc2cccc(OC(F)(F)F)c2)c1)c1cnccc1F. The van der Waals surface area contributed by atoms with Crippen molar-refractivity contribution >= 4 is 0 Å². The summed E-state index contributed by atoms with van der Waals surface area (Å²) in [5.41, 5.74) is 1.07. The minimum absolute atomic E-state index is 0.0471. The van der Waals surface area contributed by atoms with Crippen LogP contribution in [0.4, 0.5) is 17.6 Å². The van der Waals surface area contributed by atoms with Gasteiger partial charge in [0.25, 0.3) is 0 Å². The van der Waals surface area contributed by atoms with Gasteiger partial charge in [-0.25, -0.2) is 4.39 Å². The van der Waals surface area contributed by atoms with Gasteiger partial charge in [0.2, 0.25) is 0 Å². The molecular weight excluding hydrogens is 352 g/mol. The molecule has 0 radical (unpaired) electrons. The van der Waals surface area contributed by atoms with E-state index < -0.39 is 18.3 Å². The van der Waals surface area contributed by atoms with Crippen molar-refractivity contribution in [2.75, 3.05) is 0 Å². The van der Waals surface area contributed by atoms with Crippen molar-refractivity contribution in [3.8, 4) is 5.75 Å². The second-order valence-electron chi connectivity index (χ2n) is 5.61. The fourth-order valence-electron chi connectivity index (χ4n) is 2.54. The van der Waals surface area contributed by atoms with Crippen LogP contribution in [-0.4, -0.2) is 21.0 Å². The lowest BCUT2D eigenvalue weighted by molar-refractivity contribution is -0.274. The number of ether oxygens (including phenoxy) is 1. The Morgan fingerprint density at radius 2 is 2.00 bits per heavy atom. The van der Waals surface area contributed by atoms with Gasteiger partial charge < -0.3 is 14.4 Å². The van der Waals surface area contributed by atoms with Crippen LogP contribution < -0.4 is 4.74 Å². The lowest BCUT2D eigenvalue weighted by atomic mass is 10.1. The van der Waals surface area contributed by atoms with Crippen molar-refractivity contribution in [2.24, 2.45) is 0 Å². The summed E-state index contributed by atoms with van der Waals surface area (Å²) in [5, 5.41) is 10.3. The topological polar surface area (TPSA) is 47.3 Å². The van der Waals surface area contributed by atoms with E-state index in [0.29, 0.717) is 11.1 Å². The van der Waals surface area contributed by atoms with Crippen LogP contribution in [0, 0.1) is 5.82 Å². The number of aliphatic hydroxyl groups excluding tert-OH is 1. The van der Waals surface area contributed by atoms with Crippen LogP contribution in [0.3, 0.4) is 0 Å². The summed E-state index contributed by atoms with van der Waals surface area (Å²) in [6, 6.07) is 8.37. The van der Waals surface area contributed by atoms with Gasteiger partial charge in [0.15, 0.2) is 0 Å². The van der Waals surface area contributed by atoms with Crippen molar-refractivity contribution in [1.29, 1.82) is 0 Å². The number of benzene rings is 1. The van der Waals surface area contributed by atoms with Crippen molar-refractivity contribution in [1.82, 2.24) is 9.55 Å². The molecule has 0 aliphatic heterocycles. The minimum Gasteiger partial charge on any atom is -0.406 e. The van der Waals surface area contributed by atoms with Gasteiger partial charge in [-0.3, -0.25) is 4.98 Å². The van der Waals surface area contributed by atoms with Crippen molar-refractivity contribution in [3.63, 3.8) is 0 Å². The number of halogens is 4. The molecule has 136 valence electrons. The van der Waals surface area contributed by atoms with E-state index in [1.54, 1.807) is 29.1 Å². The molecule has 3 aromatic rings. The molecule has 0 bridgehead atoms. The standard InChI is InChI=1S/C18H14F4N2O2/c19-16-4-6-23-9-15(16)17(25)13-5-7-24(11-13)10-12-2-1-3-14(8-12)26-18(20,21)22/h1-9,11,17,25H,10H2. The quantitative estimate of drug-likeness (QED) is 0.693. The van der Waals surface area contributed by atoms with Crippen LogP contribution in [0.5, 0.6) is 5.75 Å². The van der Waals surface area contributed by atoms with Crippen molar-refractivity contribution in [3.05, 3.63) is 83.7 Å². The van der Waals surface area contributed by atoms with E-state index in [-0.39, 0.29) is 17.9 Å². The maximum Gasteiger partial charge on any atom is 0.573 e. The highest BCUT2D eigenvalue weighted by Crippen LogP contribution is 2.26. The van der Waals surface area contributed by atoms with Crippen LogP contribution >= 0.6 is 0 Å².